The molecular formula is C14H12BrNO4. The molecule has 2 aromatic carbocycles. The largest absolute Gasteiger partial charge is 0.487 e. The molecule has 0 atom stereocenters. The predicted molar refractivity (Wildman–Crippen MR) is 78.5 cm³/mol. The van der Waals surface area contributed by atoms with Crippen LogP contribution >= 0.6 is 15.9 Å². The van der Waals surface area contributed by atoms with Crippen LogP contribution in [0.3, 0.4) is 0 Å². The number of nitrogens with zero attached hydrogens (tertiary/aromatic N) is 1. The van der Waals surface area contributed by atoms with Crippen LogP contribution in [-0.2, 0) is 0 Å². The highest BCUT2D eigenvalue weighted by Crippen LogP contribution is 2.39. The molecule has 2 rings (SSSR count). The van der Waals surface area contributed by atoms with E-state index in [1.807, 2.05) is 0 Å². The van der Waals surface area contributed by atoms with Crippen LogP contribution in [0.1, 0.15) is 6.92 Å². The lowest BCUT2D eigenvalue weighted by atomic mass is 10.2. The van der Waals surface area contributed by atoms with E-state index in [1.165, 1.54) is 0 Å². The Hall–Kier alpha value is -2.08. The van der Waals surface area contributed by atoms with Gasteiger partial charge in [0.2, 0.25) is 11.5 Å². The maximum atomic E-state index is 11.2. The number of hydrogen-bond donors (Lipinski definition) is 0. The quantitative estimate of drug-likeness (QED) is 0.593. The van der Waals surface area contributed by atoms with Gasteiger partial charge in [-0.2, -0.15) is 0 Å². The van der Waals surface area contributed by atoms with Crippen molar-refractivity contribution in [3.05, 3.63) is 57.1 Å². The van der Waals surface area contributed by atoms with Crippen molar-refractivity contribution < 1.29 is 14.4 Å². The van der Waals surface area contributed by atoms with Gasteiger partial charge >= 0.3 is 5.69 Å². The van der Waals surface area contributed by atoms with Crippen LogP contribution in [0.2, 0.25) is 0 Å². The Balaban J connectivity index is 2.37. The molecule has 0 fully saturated rings. The third kappa shape index (κ3) is 3.27. The van der Waals surface area contributed by atoms with Crippen LogP contribution in [0, 0.1) is 10.1 Å². The van der Waals surface area contributed by atoms with Crippen molar-refractivity contribution in [1.82, 2.24) is 0 Å². The number of para-hydroxylation sites is 1. The molecule has 0 saturated heterocycles. The van der Waals surface area contributed by atoms with Crippen molar-refractivity contribution in [3.63, 3.8) is 0 Å². The Morgan fingerprint density at radius 3 is 2.40 bits per heavy atom. The molecule has 5 nitrogen and oxygen atoms in total. The zero-order valence-corrected chi connectivity index (χ0v) is 12.3. The smallest absolute Gasteiger partial charge is 0.352 e. The highest BCUT2D eigenvalue weighted by atomic mass is 79.9. The molecule has 0 amide bonds. The second kappa shape index (κ2) is 6.38. The maximum Gasteiger partial charge on any atom is 0.352 e. The van der Waals surface area contributed by atoms with E-state index >= 15 is 0 Å². The molecule has 104 valence electrons. The first-order valence-electron chi connectivity index (χ1n) is 5.95. The zero-order valence-electron chi connectivity index (χ0n) is 10.7. The van der Waals surface area contributed by atoms with E-state index in [-0.39, 0.29) is 17.2 Å². The molecule has 0 saturated carbocycles. The van der Waals surface area contributed by atoms with Crippen molar-refractivity contribution in [2.75, 3.05) is 6.61 Å². The first kappa shape index (κ1) is 14.3. The van der Waals surface area contributed by atoms with Gasteiger partial charge in [-0.25, -0.2) is 0 Å². The van der Waals surface area contributed by atoms with Gasteiger partial charge in [0.05, 0.1) is 11.5 Å². The Morgan fingerprint density at radius 2 is 1.80 bits per heavy atom. The van der Waals surface area contributed by atoms with Gasteiger partial charge < -0.3 is 9.47 Å². The van der Waals surface area contributed by atoms with E-state index in [2.05, 4.69) is 15.9 Å². The molecule has 20 heavy (non-hydrogen) atoms. The molecule has 0 aliphatic carbocycles. The zero-order chi connectivity index (χ0) is 14.5. The molecule has 0 bridgehead atoms. The first-order valence-corrected chi connectivity index (χ1v) is 6.74. The average molecular weight is 338 g/mol. The standard InChI is InChI=1S/C14H12BrNO4/c1-2-19-12-4-3-5-13(14(12)16(17)18)20-11-8-6-10(15)7-9-11/h3-9H,2H2,1H3. The van der Waals surface area contributed by atoms with Gasteiger partial charge in [0, 0.05) is 4.47 Å². The van der Waals surface area contributed by atoms with Crippen molar-refractivity contribution in [3.8, 4) is 17.2 Å². The molecule has 0 unspecified atom stereocenters. The van der Waals surface area contributed by atoms with Gasteiger partial charge in [-0.15, -0.1) is 0 Å². The summed E-state index contributed by atoms with van der Waals surface area (Å²) >= 11 is 3.32. The number of benzene rings is 2. The Kier molecular flexibility index (Phi) is 4.57. The molecule has 0 aromatic heterocycles. The highest BCUT2D eigenvalue weighted by Gasteiger charge is 2.22. The molecule has 2 aromatic rings. The molecule has 0 spiro atoms. The second-order valence-corrected chi connectivity index (χ2v) is 4.76. The minimum atomic E-state index is -0.501. The van der Waals surface area contributed by atoms with Gasteiger partial charge in [0.1, 0.15) is 5.75 Å². The van der Waals surface area contributed by atoms with Crippen molar-refractivity contribution in [2.24, 2.45) is 0 Å². The summed E-state index contributed by atoms with van der Waals surface area (Å²) in [5, 5.41) is 11.2. The normalized spacial score (nSPS) is 10.1. The number of nitro benzene ring substituents is 1. The number of ether oxygens (including phenoxy) is 2. The summed E-state index contributed by atoms with van der Waals surface area (Å²) in [6, 6.07) is 11.8. The van der Waals surface area contributed by atoms with Crippen LogP contribution in [0.15, 0.2) is 46.9 Å². The molecule has 0 heterocycles. The monoisotopic (exact) mass is 337 g/mol. The van der Waals surface area contributed by atoms with Gasteiger partial charge in [0.25, 0.3) is 0 Å². The second-order valence-electron chi connectivity index (χ2n) is 3.85. The summed E-state index contributed by atoms with van der Waals surface area (Å²) in [5.74, 6) is 0.875. The topological polar surface area (TPSA) is 61.6 Å². The molecular weight excluding hydrogens is 326 g/mol. The van der Waals surface area contributed by atoms with Gasteiger partial charge in [-0.05, 0) is 43.3 Å². The summed E-state index contributed by atoms with van der Waals surface area (Å²) in [6.45, 7) is 2.12. The van der Waals surface area contributed by atoms with Gasteiger partial charge in [-0.3, -0.25) is 10.1 Å². The van der Waals surface area contributed by atoms with Crippen molar-refractivity contribution in [1.29, 1.82) is 0 Å². The summed E-state index contributed by atoms with van der Waals surface area (Å²) in [7, 11) is 0. The van der Waals surface area contributed by atoms with E-state index in [0.29, 0.717) is 12.4 Å². The number of halogens is 1. The Bertz CT molecular complexity index is 613. The van der Waals surface area contributed by atoms with Crippen LogP contribution in [-0.4, -0.2) is 11.5 Å². The Morgan fingerprint density at radius 1 is 1.15 bits per heavy atom. The minimum absolute atomic E-state index is 0.156. The summed E-state index contributed by atoms with van der Waals surface area (Å²) in [6.07, 6.45) is 0. The Labute approximate surface area is 124 Å². The SMILES string of the molecule is CCOc1cccc(Oc2ccc(Br)cc2)c1[N+](=O)[O-]. The fourth-order valence-corrected chi connectivity index (χ4v) is 1.93. The third-order valence-corrected chi connectivity index (χ3v) is 3.01. The van der Waals surface area contributed by atoms with Gasteiger partial charge in [0.15, 0.2) is 0 Å². The molecule has 0 radical (unpaired) electrons. The predicted octanol–water partition coefficient (Wildman–Crippen LogP) is 4.55. The highest BCUT2D eigenvalue weighted by molar-refractivity contribution is 9.10. The summed E-state index contributed by atoms with van der Waals surface area (Å²) in [5.41, 5.74) is -0.169. The fourth-order valence-electron chi connectivity index (χ4n) is 1.67. The van der Waals surface area contributed by atoms with E-state index in [1.54, 1.807) is 49.4 Å². The minimum Gasteiger partial charge on any atom is -0.487 e. The fraction of sp³-hybridized carbons (Fsp3) is 0.143. The number of rotatable bonds is 5. The lowest BCUT2D eigenvalue weighted by Gasteiger charge is -2.09. The lowest BCUT2D eigenvalue weighted by molar-refractivity contribution is -0.386. The average Bonchev–Trinajstić information content (AvgIpc) is 2.41. The number of nitro groups is 1. The van der Waals surface area contributed by atoms with Crippen LogP contribution < -0.4 is 9.47 Å². The van der Waals surface area contributed by atoms with E-state index < -0.39 is 4.92 Å². The molecule has 6 heteroatoms. The van der Waals surface area contributed by atoms with Crippen LogP contribution in [0.25, 0.3) is 0 Å². The van der Waals surface area contributed by atoms with Crippen molar-refractivity contribution >= 4 is 21.6 Å². The third-order valence-electron chi connectivity index (χ3n) is 2.49. The molecule has 0 N–H and O–H groups in total. The van der Waals surface area contributed by atoms with E-state index in [0.717, 1.165) is 4.47 Å². The number of hydrogen-bond acceptors (Lipinski definition) is 4. The maximum absolute atomic E-state index is 11.2. The molecule has 0 aliphatic heterocycles. The summed E-state index contributed by atoms with van der Waals surface area (Å²) < 4.78 is 11.7. The first-order chi connectivity index (χ1) is 9.61. The molecule has 0 aliphatic rings. The summed E-state index contributed by atoms with van der Waals surface area (Å²) in [4.78, 5) is 10.7. The van der Waals surface area contributed by atoms with Crippen LogP contribution in [0.4, 0.5) is 5.69 Å². The van der Waals surface area contributed by atoms with Gasteiger partial charge in [-0.1, -0.05) is 22.0 Å². The van der Waals surface area contributed by atoms with Crippen molar-refractivity contribution in [2.45, 2.75) is 6.92 Å². The van der Waals surface area contributed by atoms with E-state index in [4.69, 9.17) is 9.47 Å². The van der Waals surface area contributed by atoms with Crippen LogP contribution in [0.5, 0.6) is 17.2 Å². The lowest BCUT2D eigenvalue weighted by Crippen LogP contribution is -1.99. The van der Waals surface area contributed by atoms with E-state index in [9.17, 15) is 10.1 Å².